The van der Waals surface area contributed by atoms with Crippen molar-refractivity contribution in [1.29, 1.82) is 0 Å². The van der Waals surface area contributed by atoms with Crippen LogP contribution in [-0.4, -0.2) is 18.3 Å². The van der Waals surface area contributed by atoms with Crippen molar-refractivity contribution >= 4 is 0 Å². The number of epoxide rings is 1. The first kappa shape index (κ1) is 17.1. The fourth-order valence-electron chi connectivity index (χ4n) is 2.75. The molecule has 2 rings (SSSR count). The number of benzene rings is 1. The molecular formula is C20H30O2. The molecule has 0 N–H and O–H groups in total. The molecule has 1 fully saturated rings. The van der Waals surface area contributed by atoms with Gasteiger partial charge in [0, 0.05) is 0 Å². The van der Waals surface area contributed by atoms with Gasteiger partial charge in [0.2, 0.25) is 0 Å². The average Bonchev–Trinajstić information content (AvgIpc) is 3.19. The summed E-state index contributed by atoms with van der Waals surface area (Å²) in [6.45, 7) is 9.44. The first-order valence-electron chi connectivity index (χ1n) is 8.62. The van der Waals surface area contributed by atoms with Crippen LogP contribution >= 0.6 is 0 Å². The summed E-state index contributed by atoms with van der Waals surface area (Å²) >= 11 is 0. The van der Waals surface area contributed by atoms with Crippen LogP contribution in [0.25, 0.3) is 0 Å². The van der Waals surface area contributed by atoms with Crippen molar-refractivity contribution in [1.82, 2.24) is 0 Å². The molecule has 2 atom stereocenters. The van der Waals surface area contributed by atoms with Gasteiger partial charge in [-0.05, 0) is 63.3 Å². The first-order chi connectivity index (χ1) is 10.6. The van der Waals surface area contributed by atoms with Crippen LogP contribution in [0.5, 0.6) is 5.75 Å². The van der Waals surface area contributed by atoms with E-state index in [1.165, 1.54) is 17.6 Å². The molecule has 0 amide bonds. The topological polar surface area (TPSA) is 21.8 Å². The summed E-state index contributed by atoms with van der Waals surface area (Å²) in [6.07, 6.45) is 8.29. The van der Waals surface area contributed by atoms with Gasteiger partial charge in [0.15, 0.2) is 0 Å². The third kappa shape index (κ3) is 4.88. The van der Waals surface area contributed by atoms with Crippen LogP contribution in [0.15, 0.2) is 35.9 Å². The number of aryl methyl sites for hydroxylation is 1. The number of hydrogen-bond donors (Lipinski definition) is 0. The van der Waals surface area contributed by atoms with Gasteiger partial charge in [-0.25, -0.2) is 0 Å². The second-order valence-electron chi connectivity index (χ2n) is 6.57. The van der Waals surface area contributed by atoms with E-state index in [9.17, 15) is 0 Å². The van der Waals surface area contributed by atoms with E-state index in [-0.39, 0.29) is 5.60 Å². The third-order valence-electron chi connectivity index (χ3n) is 4.68. The summed E-state index contributed by atoms with van der Waals surface area (Å²) in [5.74, 6) is 0.952. The second kappa shape index (κ2) is 7.82. The number of ether oxygens (including phenoxy) is 2. The molecule has 1 aliphatic rings. The minimum absolute atomic E-state index is 0.150. The van der Waals surface area contributed by atoms with E-state index in [0.717, 1.165) is 31.4 Å². The standard InChI is InChI=1S/C20H30O2/c1-5-7-17-9-11-18(12-10-17)21-15-14-16(3)8-13-19-20(4,6-2)22-19/h9-12,14,19H,5-8,13,15H2,1-4H3/b16-14+. The molecule has 1 heterocycles. The zero-order valence-electron chi connectivity index (χ0n) is 14.5. The predicted octanol–water partition coefficient (Wildman–Crippen LogP) is 5.31. The van der Waals surface area contributed by atoms with Crippen molar-refractivity contribution in [2.24, 2.45) is 0 Å². The Balaban J connectivity index is 1.68. The van der Waals surface area contributed by atoms with Crippen LogP contribution < -0.4 is 4.74 Å². The number of hydrogen-bond acceptors (Lipinski definition) is 2. The Kier molecular flexibility index (Phi) is 6.07. The molecule has 0 saturated carbocycles. The Morgan fingerprint density at radius 3 is 2.59 bits per heavy atom. The lowest BCUT2D eigenvalue weighted by Crippen LogP contribution is -2.07. The lowest BCUT2D eigenvalue weighted by Gasteiger charge is -2.06. The molecule has 0 radical (unpaired) electrons. The van der Waals surface area contributed by atoms with Crippen molar-refractivity contribution in [3.05, 3.63) is 41.5 Å². The lowest BCUT2D eigenvalue weighted by molar-refractivity contribution is 0.300. The Morgan fingerprint density at radius 2 is 2.00 bits per heavy atom. The predicted molar refractivity (Wildman–Crippen MR) is 92.5 cm³/mol. The van der Waals surface area contributed by atoms with Gasteiger partial charge in [-0.1, -0.05) is 38.0 Å². The van der Waals surface area contributed by atoms with Gasteiger partial charge in [0.05, 0.1) is 11.7 Å². The smallest absolute Gasteiger partial charge is 0.119 e. The van der Waals surface area contributed by atoms with Gasteiger partial charge in [-0.2, -0.15) is 0 Å². The van der Waals surface area contributed by atoms with Gasteiger partial charge >= 0.3 is 0 Å². The molecule has 2 nitrogen and oxygen atoms in total. The highest BCUT2D eigenvalue weighted by atomic mass is 16.6. The van der Waals surface area contributed by atoms with Crippen molar-refractivity contribution < 1.29 is 9.47 Å². The Labute approximate surface area is 135 Å². The second-order valence-corrected chi connectivity index (χ2v) is 6.57. The zero-order valence-corrected chi connectivity index (χ0v) is 14.5. The van der Waals surface area contributed by atoms with E-state index >= 15 is 0 Å². The molecule has 0 aliphatic carbocycles. The molecule has 2 heteroatoms. The molecule has 0 bridgehead atoms. The van der Waals surface area contributed by atoms with E-state index in [1.54, 1.807) is 0 Å². The average molecular weight is 302 g/mol. The highest BCUT2D eigenvalue weighted by Gasteiger charge is 2.49. The number of allylic oxidation sites excluding steroid dienone is 1. The van der Waals surface area contributed by atoms with Crippen molar-refractivity contribution in [3.63, 3.8) is 0 Å². The monoisotopic (exact) mass is 302 g/mol. The van der Waals surface area contributed by atoms with E-state index in [4.69, 9.17) is 9.47 Å². The van der Waals surface area contributed by atoms with Crippen LogP contribution in [0.2, 0.25) is 0 Å². The van der Waals surface area contributed by atoms with Crippen LogP contribution in [0.1, 0.15) is 58.9 Å². The van der Waals surface area contributed by atoms with Crippen molar-refractivity contribution in [2.75, 3.05) is 6.61 Å². The Morgan fingerprint density at radius 1 is 1.27 bits per heavy atom. The fourth-order valence-corrected chi connectivity index (χ4v) is 2.75. The molecule has 0 aromatic heterocycles. The maximum absolute atomic E-state index is 5.79. The highest BCUT2D eigenvalue weighted by molar-refractivity contribution is 5.27. The molecule has 22 heavy (non-hydrogen) atoms. The maximum atomic E-state index is 5.79. The third-order valence-corrected chi connectivity index (χ3v) is 4.68. The molecule has 122 valence electrons. The molecule has 0 spiro atoms. The summed E-state index contributed by atoms with van der Waals surface area (Å²) in [5.41, 5.74) is 2.92. The van der Waals surface area contributed by atoms with Gasteiger partial charge in [-0.15, -0.1) is 0 Å². The molecule has 1 aliphatic heterocycles. The molecule has 1 aromatic rings. The van der Waals surface area contributed by atoms with Gasteiger partial charge in [0.1, 0.15) is 12.4 Å². The maximum Gasteiger partial charge on any atom is 0.119 e. The SMILES string of the molecule is CCCc1ccc(OC/C=C(\C)CCC2OC2(C)CC)cc1. The van der Waals surface area contributed by atoms with Gasteiger partial charge in [0.25, 0.3) is 0 Å². The Bertz CT molecular complexity index is 489. The highest BCUT2D eigenvalue weighted by Crippen LogP contribution is 2.42. The summed E-state index contributed by atoms with van der Waals surface area (Å²) in [5, 5.41) is 0. The van der Waals surface area contributed by atoms with E-state index in [2.05, 4.69) is 58.0 Å². The first-order valence-corrected chi connectivity index (χ1v) is 8.62. The molecular weight excluding hydrogens is 272 g/mol. The van der Waals surface area contributed by atoms with E-state index in [0.29, 0.717) is 12.7 Å². The summed E-state index contributed by atoms with van der Waals surface area (Å²) < 4.78 is 11.5. The van der Waals surface area contributed by atoms with Crippen LogP contribution in [0.4, 0.5) is 0 Å². The van der Waals surface area contributed by atoms with Gasteiger partial charge in [-0.3, -0.25) is 0 Å². The minimum Gasteiger partial charge on any atom is -0.490 e. The van der Waals surface area contributed by atoms with Crippen molar-refractivity contribution in [3.8, 4) is 5.75 Å². The quantitative estimate of drug-likeness (QED) is 0.455. The molecule has 1 saturated heterocycles. The summed E-state index contributed by atoms with van der Waals surface area (Å²) in [4.78, 5) is 0. The zero-order chi connectivity index (χ0) is 16.0. The van der Waals surface area contributed by atoms with E-state index in [1.807, 2.05) is 0 Å². The lowest BCUT2D eigenvalue weighted by atomic mass is 9.99. The molecule has 1 aromatic carbocycles. The minimum atomic E-state index is 0.150. The van der Waals surface area contributed by atoms with Crippen LogP contribution in [0.3, 0.4) is 0 Å². The van der Waals surface area contributed by atoms with Gasteiger partial charge < -0.3 is 9.47 Å². The molecule has 2 unspecified atom stereocenters. The summed E-state index contributed by atoms with van der Waals surface area (Å²) in [7, 11) is 0. The normalized spacial score (nSPS) is 24.4. The van der Waals surface area contributed by atoms with Crippen LogP contribution in [-0.2, 0) is 11.2 Å². The van der Waals surface area contributed by atoms with Crippen molar-refractivity contribution in [2.45, 2.75) is 71.5 Å². The van der Waals surface area contributed by atoms with E-state index < -0.39 is 0 Å². The summed E-state index contributed by atoms with van der Waals surface area (Å²) in [6, 6.07) is 8.45. The Hall–Kier alpha value is -1.28. The number of rotatable bonds is 9. The largest absolute Gasteiger partial charge is 0.490 e. The fraction of sp³-hybridized carbons (Fsp3) is 0.600. The van der Waals surface area contributed by atoms with Crippen LogP contribution in [0, 0.1) is 0 Å².